The van der Waals surface area contributed by atoms with E-state index in [0.717, 1.165) is 6.20 Å². The Morgan fingerprint density at radius 2 is 2.54 bits per heavy atom. The van der Waals surface area contributed by atoms with Gasteiger partial charge in [0, 0.05) is 6.54 Å². The van der Waals surface area contributed by atoms with E-state index in [1.165, 1.54) is 6.26 Å². The van der Waals surface area contributed by atoms with Crippen LogP contribution in [0.25, 0.3) is 0 Å². The lowest BCUT2D eigenvalue weighted by molar-refractivity contribution is -0.152. The number of hydrogen-bond donors (Lipinski definition) is 0. The fourth-order valence-electron chi connectivity index (χ4n) is 2.59. The molecule has 0 spiro atoms. The molecule has 2 unspecified atom stereocenters. The van der Waals surface area contributed by atoms with Gasteiger partial charge >= 0.3 is 5.97 Å². The fourth-order valence-corrected chi connectivity index (χ4v) is 3.30. The van der Waals surface area contributed by atoms with Gasteiger partial charge in [-0.05, 0) is 23.5 Å². The molecule has 3 heterocycles. The molecule has 0 aromatic carbocycles. The second kappa shape index (κ2) is 6.81. The molecular weight excluding hydrogens is 337 g/mol. The number of thiazole rings is 1. The molecule has 1 aliphatic heterocycles. The summed E-state index contributed by atoms with van der Waals surface area (Å²) in [5.74, 6) is -0.129. The summed E-state index contributed by atoms with van der Waals surface area (Å²) in [6.07, 6.45) is 3.02. The maximum atomic E-state index is 13.3. The zero-order chi connectivity index (χ0) is 17.2. The number of quaternary nitrogens is 1. The second-order valence-electron chi connectivity index (χ2n) is 5.41. The molecule has 24 heavy (non-hydrogen) atoms. The second-order valence-corrected chi connectivity index (χ2v) is 6.37. The average Bonchev–Trinajstić information content (AvgIpc) is 3.23. The highest BCUT2D eigenvalue weighted by molar-refractivity contribution is 7.13. The summed E-state index contributed by atoms with van der Waals surface area (Å²) in [5.41, 5.74) is 0. The van der Waals surface area contributed by atoms with Crippen molar-refractivity contribution in [1.29, 1.82) is 0 Å². The van der Waals surface area contributed by atoms with E-state index in [1.807, 2.05) is 0 Å². The summed E-state index contributed by atoms with van der Waals surface area (Å²) in [6, 6.07) is 3.31. The van der Waals surface area contributed by atoms with Crippen LogP contribution in [0.5, 0.6) is 0 Å². The number of esters is 1. The fraction of sp³-hybridized carbons (Fsp3) is 0.333. The third-order valence-corrected chi connectivity index (χ3v) is 4.53. The van der Waals surface area contributed by atoms with E-state index in [0.29, 0.717) is 23.6 Å². The maximum absolute atomic E-state index is 13.3. The Morgan fingerprint density at radius 3 is 3.17 bits per heavy atom. The molecule has 3 rings (SSSR count). The van der Waals surface area contributed by atoms with Crippen LogP contribution in [-0.2, 0) is 16.0 Å². The van der Waals surface area contributed by atoms with Gasteiger partial charge in [-0.25, -0.2) is 4.90 Å². The topological polar surface area (TPSA) is 78.6 Å². The standard InChI is InChI=1S/C15H16FN3O4S/c1-2-5-18-9-13(23-14(20)7-11-4-3-6-22-11)19(21,10-18)15-17-8-12(16)24-15/h2-4,6,8,13H,1,5,7,9-10H2. The summed E-state index contributed by atoms with van der Waals surface area (Å²) < 4.78 is 22.7. The van der Waals surface area contributed by atoms with Crippen LogP contribution in [0.3, 0.4) is 0 Å². The van der Waals surface area contributed by atoms with Crippen molar-refractivity contribution in [1.82, 2.24) is 14.5 Å². The van der Waals surface area contributed by atoms with Gasteiger partial charge in [0.15, 0.2) is 0 Å². The lowest BCUT2D eigenvalue weighted by Crippen LogP contribution is -2.51. The SMILES string of the molecule is C=CCN1CC(OC(=O)Cc2ccco2)[N+]([O-])(c2ncc(F)s2)C1. The van der Waals surface area contributed by atoms with Gasteiger partial charge in [0.2, 0.25) is 5.13 Å². The normalized spacial score (nSPS) is 24.2. The quantitative estimate of drug-likeness (QED) is 0.343. The van der Waals surface area contributed by atoms with Crippen molar-refractivity contribution in [2.75, 3.05) is 19.8 Å². The van der Waals surface area contributed by atoms with E-state index in [4.69, 9.17) is 9.15 Å². The molecule has 1 fully saturated rings. The first-order chi connectivity index (χ1) is 11.5. The molecule has 2 atom stereocenters. The van der Waals surface area contributed by atoms with Crippen molar-refractivity contribution in [2.45, 2.75) is 12.6 Å². The first-order valence-corrected chi connectivity index (χ1v) is 8.08. The van der Waals surface area contributed by atoms with Crippen LogP contribution in [0.4, 0.5) is 9.52 Å². The summed E-state index contributed by atoms with van der Waals surface area (Å²) in [6.45, 7) is 4.34. The zero-order valence-corrected chi connectivity index (χ0v) is 13.6. The Hall–Kier alpha value is -2.07. The Bertz CT molecular complexity index is 720. The summed E-state index contributed by atoms with van der Waals surface area (Å²) in [5, 5.41) is 12.7. The van der Waals surface area contributed by atoms with Crippen LogP contribution < -0.4 is 4.65 Å². The minimum absolute atomic E-state index is 0.0116. The number of rotatable bonds is 6. The van der Waals surface area contributed by atoms with Gasteiger partial charge in [-0.1, -0.05) is 6.08 Å². The van der Waals surface area contributed by atoms with Gasteiger partial charge in [0.25, 0.3) is 11.4 Å². The lowest BCUT2D eigenvalue weighted by Gasteiger charge is -2.38. The molecule has 2 aromatic rings. The summed E-state index contributed by atoms with van der Waals surface area (Å²) in [7, 11) is 0. The third kappa shape index (κ3) is 3.39. The Balaban J connectivity index is 1.77. The number of carbonyl (C=O) groups excluding carboxylic acids is 1. The number of ether oxygens (including phenoxy) is 1. The number of halogens is 1. The van der Waals surface area contributed by atoms with Crippen molar-refractivity contribution < 1.29 is 18.3 Å². The van der Waals surface area contributed by atoms with Gasteiger partial charge in [-0.3, -0.25) is 9.44 Å². The summed E-state index contributed by atoms with van der Waals surface area (Å²) in [4.78, 5) is 17.7. The van der Waals surface area contributed by atoms with Crippen LogP contribution in [0, 0.1) is 10.3 Å². The highest BCUT2D eigenvalue weighted by Crippen LogP contribution is 2.34. The van der Waals surface area contributed by atoms with Gasteiger partial charge in [0.05, 0.1) is 19.0 Å². The van der Waals surface area contributed by atoms with E-state index in [2.05, 4.69) is 11.6 Å². The van der Waals surface area contributed by atoms with Gasteiger partial charge in [0.1, 0.15) is 18.8 Å². The minimum atomic E-state index is -1.02. The van der Waals surface area contributed by atoms with Crippen LogP contribution in [0.2, 0.25) is 0 Å². The average molecular weight is 353 g/mol. The molecule has 2 aromatic heterocycles. The molecule has 7 nitrogen and oxygen atoms in total. The number of carbonyl (C=O) groups is 1. The number of aromatic nitrogens is 1. The van der Waals surface area contributed by atoms with Crippen LogP contribution in [-0.4, -0.2) is 41.8 Å². The van der Waals surface area contributed by atoms with Crippen molar-refractivity contribution >= 4 is 22.4 Å². The Labute approximate surface area is 141 Å². The van der Waals surface area contributed by atoms with Crippen LogP contribution in [0.1, 0.15) is 5.76 Å². The van der Waals surface area contributed by atoms with Crippen molar-refractivity contribution in [3.8, 4) is 0 Å². The largest absolute Gasteiger partial charge is 0.622 e. The molecular formula is C15H16FN3O4S. The molecule has 0 aliphatic carbocycles. The van der Waals surface area contributed by atoms with Crippen molar-refractivity contribution in [3.63, 3.8) is 0 Å². The molecule has 1 aliphatic rings. The highest BCUT2D eigenvalue weighted by atomic mass is 32.1. The first-order valence-electron chi connectivity index (χ1n) is 7.27. The third-order valence-electron chi connectivity index (χ3n) is 3.63. The molecule has 0 N–H and O–H groups in total. The van der Waals surface area contributed by atoms with Crippen molar-refractivity contribution in [3.05, 3.63) is 53.3 Å². The zero-order valence-electron chi connectivity index (χ0n) is 12.8. The smallest absolute Gasteiger partial charge is 0.318 e. The van der Waals surface area contributed by atoms with Gasteiger partial charge in [-0.2, -0.15) is 9.37 Å². The molecule has 0 saturated carbocycles. The molecule has 0 amide bonds. The Morgan fingerprint density at radius 1 is 1.71 bits per heavy atom. The summed E-state index contributed by atoms with van der Waals surface area (Å²) >= 11 is 0.660. The lowest BCUT2D eigenvalue weighted by atomic mass is 10.3. The number of hydroxylamine groups is 2. The van der Waals surface area contributed by atoms with E-state index >= 15 is 0 Å². The molecule has 1 saturated heterocycles. The van der Waals surface area contributed by atoms with E-state index in [9.17, 15) is 14.4 Å². The van der Waals surface area contributed by atoms with Gasteiger partial charge in [-0.15, -0.1) is 6.58 Å². The van der Waals surface area contributed by atoms with E-state index in [1.54, 1.807) is 23.1 Å². The first kappa shape index (κ1) is 16.8. The van der Waals surface area contributed by atoms with Crippen LogP contribution in [0.15, 0.2) is 41.7 Å². The van der Waals surface area contributed by atoms with Crippen LogP contribution >= 0.6 is 11.3 Å². The maximum Gasteiger partial charge on any atom is 0.318 e. The Kier molecular flexibility index (Phi) is 4.76. The number of nitrogens with zero attached hydrogens (tertiary/aromatic N) is 3. The van der Waals surface area contributed by atoms with E-state index in [-0.39, 0.29) is 24.8 Å². The predicted molar refractivity (Wildman–Crippen MR) is 86.2 cm³/mol. The molecule has 9 heteroatoms. The minimum Gasteiger partial charge on any atom is -0.622 e. The predicted octanol–water partition coefficient (Wildman–Crippen LogP) is 2.25. The monoisotopic (exact) mass is 353 g/mol. The highest BCUT2D eigenvalue weighted by Gasteiger charge is 2.45. The van der Waals surface area contributed by atoms with Gasteiger partial charge < -0.3 is 14.4 Å². The number of hydrogen-bond acceptors (Lipinski definition) is 7. The van der Waals surface area contributed by atoms with E-state index < -0.39 is 22.0 Å². The van der Waals surface area contributed by atoms with Crippen molar-refractivity contribution in [2.24, 2.45) is 0 Å². The number of furan rings is 1. The molecule has 0 bridgehead atoms. The molecule has 128 valence electrons. The molecule has 0 radical (unpaired) electrons.